The van der Waals surface area contributed by atoms with Gasteiger partial charge in [0.15, 0.2) is 5.97 Å². The molecule has 1 aromatic rings. The molecule has 1 saturated heterocycles. The van der Waals surface area contributed by atoms with Crippen molar-refractivity contribution in [1.82, 2.24) is 0 Å². The van der Waals surface area contributed by atoms with E-state index in [1.54, 1.807) is 12.7 Å². The number of quaternary nitrogens is 1. The van der Waals surface area contributed by atoms with Crippen LogP contribution in [0.15, 0.2) is 18.2 Å². The highest BCUT2D eigenvalue weighted by Gasteiger charge is 2.29. The van der Waals surface area contributed by atoms with E-state index in [0.29, 0.717) is 5.41 Å². The number of carboxylic acid groups (broad SMARTS) is 2. The molecule has 0 bridgehead atoms. The Labute approximate surface area is 167 Å². The molecule has 0 amide bonds. The molecule has 1 fully saturated rings. The van der Waals surface area contributed by atoms with Crippen molar-refractivity contribution >= 4 is 11.9 Å². The maximum atomic E-state index is 9.04. The van der Waals surface area contributed by atoms with Crippen molar-refractivity contribution in [1.29, 1.82) is 0 Å². The van der Waals surface area contributed by atoms with Gasteiger partial charge in [-0.2, -0.15) is 0 Å². The van der Waals surface area contributed by atoms with Gasteiger partial charge < -0.3 is 24.6 Å². The van der Waals surface area contributed by atoms with Crippen molar-refractivity contribution in [3.63, 3.8) is 0 Å². The first-order valence-electron chi connectivity index (χ1n) is 10.2. The molecule has 1 aliphatic heterocycles. The van der Waals surface area contributed by atoms with Crippen molar-refractivity contribution in [2.75, 3.05) is 26.7 Å². The molecule has 2 N–H and O–H groups in total. The fourth-order valence-corrected chi connectivity index (χ4v) is 4.59. The summed E-state index contributed by atoms with van der Waals surface area (Å²) in [6.45, 7) is 9.00. The van der Waals surface area contributed by atoms with Crippen LogP contribution < -0.4 is 14.7 Å². The van der Waals surface area contributed by atoms with E-state index in [4.69, 9.17) is 24.5 Å². The summed E-state index contributed by atoms with van der Waals surface area (Å²) in [5, 5.41) is 16.3. The van der Waals surface area contributed by atoms with Gasteiger partial charge in [0.25, 0.3) is 0 Å². The lowest BCUT2D eigenvalue weighted by molar-refractivity contribution is -0.912. The predicted molar refractivity (Wildman–Crippen MR) is 105 cm³/mol. The number of hydrogen-bond donors (Lipinski definition) is 2. The second-order valence-electron chi connectivity index (χ2n) is 8.73. The number of benzene rings is 1. The molecule has 1 heterocycles. The molecule has 1 aliphatic carbocycles. The fourth-order valence-electron chi connectivity index (χ4n) is 4.59. The highest BCUT2D eigenvalue weighted by atomic mass is 16.5. The monoisotopic (exact) mass is 391 g/mol. The second kappa shape index (κ2) is 9.92. The third-order valence-corrected chi connectivity index (χ3v) is 5.92. The van der Waals surface area contributed by atoms with Crippen LogP contribution >= 0.6 is 0 Å². The van der Waals surface area contributed by atoms with Crippen LogP contribution in [0.2, 0.25) is 0 Å². The normalized spacial score (nSPS) is 22.5. The number of rotatable bonds is 5. The number of carboxylic acids is 2. The number of ether oxygens (including phenoxy) is 1. The van der Waals surface area contributed by atoms with E-state index in [1.807, 2.05) is 4.90 Å². The lowest BCUT2D eigenvalue weighted by atomic mass is 9.84. The number of fused-ring (bicyclic) bond motifs is 1. The van der Waals surface area contributed by atoms with Gasteiger partial charge in [0.2, 0.25) is 0 Å². The molecule has 2 atom stereocenters. The van der Waals surface area contributed by atoms with E-state index in [1.165, 1.54) is 63.7 Å². The summed E-state index contributed by atoms with van der Waals surface area (Å²) in [5.74, 6) is -2.21. The van der Waals surface area contributed by atoms with E-state index in [9.17, 15) is 0 Å². The lowest BCUT2D eigenvalue weighted by Crippen LogP contribution is -3.14. The summed E-state index contributed by atoms with van der Waals surface area (Å²) < 4.78 is 5.35. The molecule has 2 aliphatic rings. The average Bonchev–Trinajstić information content (AvgIpc) is 3.03. The van der Waals surface area contributed by atoms with Crippen molar-refractivity contribution in [3.05, 3.63) is 29.3 Å². The van der Waals surface area contributed by atoms with Gasteiger partial charge in [-0.3, -0.25) is 0 Å². The van der Waals surface area contributed by atoms with Crippen LogP contribution in [0, 0.1) is 5.41 Å². The number of carbonyl (C=O) groups excluding carboxylic acids is 1. The second-order valence-corrected chi connectivity index (χ2v) is 8.73. The maximum absolute atomic E-state index is 9.04. The molecule has 0 spiro atoms. The Morgan fingerprint density at radius 3 is 2.68 bits per heavy atom. The molecular formula is C22H33NO5. The SMILES string of the molecule is COc1ccc2c(c1)CCC2CCC[NH+]1CCCC(C)(C)C1.O=C([O-])C(=O)O. The van der Waals surface area contributed by atoms with E-state index in [0.717, 1.165) is 11.7 Å². The van der Waals surface area contributed by atoms with Crippen molar-refractivity contribution in [2.45, 2.75) is 58.3 Å². The van der Waals surface area contributed by atoms with Crippen LogP contribution in [-0.2, 0) is 16.0 Å². The minimum atomic E-state index is -2.07. The van der Waals surface area contributed by atoms with Gasteiger partial charge in [-0.05, 0) is 67.7 Å². The molecule has 28 heavy (non-hydrogen) atoms. The molecule has 2 unspecified atom stereocenters. The van der Waals surface area contributed by atoms with Gasteiger partial charge >= 0.3 is 5.97 Å². The molecule has 1 aromatic carbocycles. The Balaban J connectivity index is 0.000000409. The van der Waals surface area contributed by atoms with E-state index in [-0.39, 0.29) is 0 Å². The number of aryl methyl sites for hydroxylation is 1. The topological polar surface area (TPSA) is 91.1 Å². The van der Waals surface area contributed by atoms with Crippen LogP contribution in [0.4, 0.5) is 0 Å². The molecule has 0 saturated carbocycles. The minimum absolute atomic E-state index is 0.560. The lowest BCUT2D eigenvalue weighted by Gasteiger charge is -2.35. The van der Waals surface area contributed by atoms with E-state index >= 15 is 0 Å². The zero-order valence-corrected chi connectivity index (χ0v) is 17.3. The van der Waals surface area contributed by atoms with Crippen LogP contribution in [0.25, 0.3) is 0 Å². The molecule has 0 aromatic heterocycles. The Hall–Kier alpha value is -2.08. The van der Waals surface area contributed by atoms with Gasteiger partial charge in [-0.25, -0.2) is 4.79 Å². The Morgan fingerprint density at radius 2 is 2.07 bits per heavy atom. The average molecular weight is 392 g/mol. The molecule has 156 valence electrons. The molecule has 3 rings (SSSR count). The molecule has 6 heteroatoms. The quantitative estimate of drug-likeness (QED) is 0.732. The van der Waals surface area contributed by atoms with Crippen LogP contribution in [0.3, 0.4) is 0 Å². The number of methoxy groups -OCH3 is 1. The first kappa shape index (κ1) is 22.2. The zero-order chi connectivity index (χ0) is 20.7. The number of nitrogens with one attached hydrogen (secondary N) is 1. The van der Waals surface area contributed by atoms with Gasteiger partial charge in [0, 0.05) is 5.41 Å². The number of hydrogen-bond acceptors (Lipinski definition) is 4. The summed E-state index contributed by atoms with van der Waals surface area (Å²) >= 11 is 0. The Bertz CT molecular complexity index is 674. The van der Waals surface area contributed by atoms with Crippen molar-refractivity contribution < 1.29 is 29.4 Å². The highest BCUT2D eigenvalue weighted by Crippen LogP contribution is 2.37. The number of piperidine rings is 1. The number of aliphatic carboxylic acids is 2. The van der Waals surface area contributed by atoms with Crippen LogP contribution in [-0.4, -0.2) is 43.8 Å². The first-order valence-corrected chi connectivity index (χ1v) is 10.2. The standard InChI is InChI=1S/C20H31NO.C2H2O4/c1-20(2)11-5-13-21(15-20)12-4-6-16-7-8-17-14-18(22-3)9-10-19(16)17;3-1(4)2(5)6/h9-10,14,16H,4-8,11-13,15H2,1-3H3;(H,3,4)(H,5,6). The first-order chi connectivity index (χ1) is 13.2. The van der Waals surface area contributed by atoms with Crippen molar-refractivity contribution in [2.24, 2.45) is 5.41 Å². The molecule has 0 radical (unpaired) electrons. The fraction of sp³-hybridized carbons (Fsp3) is 0.636. The third kappa shape index (κ3) is 6.51. The highest BCUT2D eigenvalue weighted by molar-refractivity contribution is 6.26. The van der Waals surface area contributed by atoms with Crippen LogP contribution in [0.1, 0.15) is 63.0 Å². The van der Waals surface area contributed by atoms with Gasteiger partial charge in [-0.15, -0.1) is 0 Å². The summed E-state index contributed by atoms with van der Waals surface area (Å²) in [4.78, 5) is 19.9. The molecule has 6 nitrogen and oxygen atoms in total. The largest absolute Gasteiger partial charge is 0.539 e. The minimum Gasteiger partial charge on any atom is -0.539 e. The summed E-state index contributed by atoms with van der Waals surface area (Å²) in [5.41, 5.74) is 3.68. The van der Waals surface area contributed by atoms with Crippen LogP contribution in [0.5, 0.6) is 5.75 Å². The van der Waals surface area contributed by atoms with Gasteiger partial charge in [0.1, 0.15) is 5.75 Å². The summed E-state index contributed by atoms with van der Waals surface area (Å²) in [6, 6.07) is 6.69. The zero-order valence-electron chi connectivity index (χ0n) is 17.3. The summed E-state index contributed by atoms with van der Waals surface area (Å²) in [6.07, 6.45) is 8.14. The van der Waals surface area contributed by atoms with Crippen molar-refractivity contribution in [3.8, 4) is 5.75 Å². The third-order valence-electron chi connectivity index (χ3n) is 5.92. The summed E-state index contributed by atoms with van der Waals surface area (Å²) in [7, 11) is 1.76. The number of likely N-dealkylation sites (tertiary alicyclic amines) is 1. The smallest absolute Gasteiger partial charge is 0.351 e. The molecular weight excluding hydrogens is 358 g/mol. The Morgan fingerprint density at radius 1 is 1.36 bits per heavy atom. The van der Waals surface area contributed by atoms with E-state index < -0.39 is 11.9 Å². The number of carbonyl (C=O) groups is 2. The van der Waals surface area contributed by atoms with Gasteiger partial charge in [0.05, 0.1) is 26.7 Å². The Kier molecular flexibility index (Phi) is 7.87. The predicted octanol–water partition coefficient (Wildman–Crippen LogP) is 1.03. The maximum Gasteiger partial charge on any atom is 0.351 e. The van der Waals surface area contributed by atoms with Gasteiger partial charge in [-0.1, -0.05) is 19.9 Å². The van der Waals surface area contributed by atoms with E-state index in [2.05, 4.69) is 32.0 Å².